The standard InChI is InChI=1S/C21H18FN3O2S/c1-12-18(28-21(23-12)14-2-6-15(22)7-3-14)20(27)25-16-8-4-13(5-9-16)19(26)24-17-10-11-17/h2-9,17H,10-11H2,1H3,(H,24,26)(H,25,27). The maximum absolute atomic E-state index is 13.1. The minimum Gasteiger partial charge on any atom is -0.349 e. The fourth-order valence-electron chi connectivity index (χ4n) is 2.71. The van der Waals surface area contributed by atoms with Gasteiger partial charge in [0.05, 0.1) is 5.69 Å². The molecule has 5 nitrogen and oxygen atoms in total. The average Bonchev–Trinajstić information content (AvgIpc) is 3.41. The summed E-state index contributed by atoms with van der Waals surface area (Å²) >= 11 is 1.26. The van der Waals surface area contributed by atoms with Gasteiger partial charge in [0.25, 0.3) is 11.8 Å². The second kappa shape index (κ2) is 7.52. The van der Waals surface area contributed by atoms with Crippen molar-refractivity contribution in [2.24, 2.45) is 0 Å². The minimum absolute atomic E-state index is 0.0948. The van der Waals surface area contributed by atoms with Gasteiger partial charge in [-0.1, -0.05) is 0 Å². The predicted molar refractivity (Wildman–Crippen MR) is 107 cm³/mol. The number of carbonyl (C=O) groups is 2. The number of halogens is 1. The van der Waals surface area contributed by atoms with Crippen LogP contribution >= 0.6 is 11.3 Å². The first-order chi connectivity index (χ1) is 13.5. The summed E-state index contributed by atoms with van der Waals surface area (Å²) in [6.45, 7) is 1.77. The van der Waals surface area contributed by atoms with Crippen LogP contribution in [0.2, 0.25) is 0 Å². The van der Waals surface area contributed by atoms with Crippen LogP contribution < -0.4 is 10.6 Å². The number of thiazole rings is 1. The lowest BCUT2D eigenvalue weighted by Gasteiger charge is -2.06. The van der Waals surface area contributed by atoms with Gasteiger partial charge in [0, 0.05) is 22.9 Å². The highest BCUT2D eigenvalue weighted by Gasteiger charge is 2.23. The van der Waals surface area contributed by atoms with Gasteiger partial charge in [-0.25, -0.2) is 9.37 Å². The third-order valence-corrected chi connectivity index (χ3v) is 5.62. The van der Waals surface area contributed by atoms with E-state index in [9.17, 15) is 14.0 Å². The van der Waals surface area contributed by atoms with E-state index >= 15 is 0 Å². The fourth-order valence-corrected chi connectivity index (χ4v) is 3.68. The first-order valence-electron chi connectivity index (χ1n) is 8.95. The molecule has 28 heavy (non-hydrogen) atoms. The van der Waals surface area contributed by atoms with E-state index in [2.05, 4.69) is 15.6 Å². The molecule has 0 radical (unpaired) electrons. The van der Waals surface area contributed by atoms with Gasteiger partial charge in [-0.2, -0.15) is 0 Å². The van der Waals surface area contributed by atoms with Crippen LogP contribution in [-0.2, 0) is 0 Å². The summed E-state index contributed by atoms with van der Waals surface area (Å²) in [6.07, 6.45) is 2.07. The number of anilines is 1. The van der Waals surface area contributed by atoms with E-state index in [1.54, 1.807) is 43.3 Å². The molecular formula is C21H18FN3O2S. The van der Waals surface area contributed by atoms with Crippen LogP contribution in [0.3, 0.4) is 0 Å². The van der Waals surface area contributed by atoms with Gasteiger partial charge in [0.1, 0.15) is 15.7 Å². The highest BCUT2D eigenvalue weighted by Crippen LogP contribution is 2.28. The van der Waals surface area contributed by atoms with Crippen molar-refractivity contribution in [3.63, 3.8) is 0 Å². The Morgan fingerprint density at radius 2 is 1.71 bits per heavy atom. The van der Waals surface area contributed by atoms with E-state index in [4.69, 9.17) is 0 Å². The molecule has 3 aromatic rings. The average molecular weight is 395 g/mol. The molecule has 1 saturated carbocycles. The van der Waals surface area contributed by atoms with Crippen LogP contribution in [0.5, 0.6) is 0 Å². The number of nitrogens with one attached hydrogen (secondary N) is 2. The van der Waals surface area contributed by atoms with Crippen molar-refractivity contribution in [2.75, 3.05) is 5.32 Å². The number of carbonyl (C=O) groups excluding carboxylic acids is 2. The van der Waals surface area contributed by atoms with Gasteiger partial charge in [0.15, 0.2) is 0 Å². The molecule has 0 unspecified atom stereocenters. The quantitative estimate of drug-likeness (QED) is 0.673. The van der Waals surface area contributed by atoms with Crippen LogP contribution in [0.1, 0.15) is 38.6 Å². The SMILES string of the molecule is Cc1nc(-c2ccc(F)cc2)sc1C(=O)Nc1ccc(C(=O)NC2CC2)cc1. The molecule has 1 heterocycles. The molecule has 0 saturated heterocycles. The van der Waals surface area contributed by atoms with Crippen molar-refractivity contribution >= 4 is 28.8 Å². The van der Waals surface area contributed by atoms with Crippen molar-refractivity contribution in [3.8, 4) is 10.6 Å². The van der Waals surface area contributed by atoms with Crippen molar-refractivity contribution < 1.29 is 14.0 Å². The topological polar surface area (TPSA) is 71.1 Å². The van der Waals surface area contributed by atoms with Gasteiger partial charge in [-0.3, -0.25) is 9.59 Å². The second-order valence-electron chi connectivity index (χ2n) is 6.72. The first kappa shape index (κ1) is 18.3. The molecule has 2 amide bonds. The minimum atomic E-state index is -0.316. The van der Waals surface area contributed by atoms with Crippen LogP contribution in [0.25, 0.3) is 10.6 Å². The zero-order valence-corrected chi connectivity index (χ0v) is 16.0. The number of aryl methyl sites for hydroxylation is 1. The first-order valence-corrected chi connectivity index (χ1v) is 9.77. The van der Waals surface area contributed by atoms with Gasteiger partial charge in [-0.15, -0.1) is 11.3 Å². The summed E-state index contributed by atoms with van der Waals surface area (Å²) in [4.78, 5) is 29.6. The Bertz CT molecular complexity index is 1020. The number of rotatable bonds is 5. The monoisotopic (exact) mass is 395 g/mol. The van der Waals surface area contributed by atoms with E-state index in [0.29, 0.717) is 32.9 Å². The summed E-state index contributed by atoms with van der Waals surface area (Å²) < 4.78 is 13.1. The maximum atomic E-state index is 13.1. The number of hydrogen-bond acceptors (Lipinski definition) is 4. The summed E-state index contributed by atoms with van der Waals surface area (Å²) in [5.41, 5.74) is 2.54. The number of aromatic nitrogens is 1. The molecule has 1 aliphatic rings. The van der Waals surface area contributed by atoms with Crippen LogP contribution in [0.15, 0.2) is 48.5 Å². The lowest BCUT2D eigenvalue weighted by atomic mass is 10.2. The lowest BCUT2D eigenvalue weighted by molar-refractivity contribution is 0.0950. The van der Waals surface area contributed by atoms with Crippen LogP contribution in [-0.4, -0.2) is 22.8 Å². The number of amides is 2. The number of nitrogens with zero attached hydrogens (tertiary/aromatic N) is 1. The molecule has 0 atom stereocenters. The van der Waals surface area contributed by atoms with E-state index < -0.39 is 0 Å². The summed E-state index contributed by atoms with van der Waals surface area (Å²) in [5.74, 6) is -0.676. The fraction of sp³-hybridized carbons (Fsp3) is 0.190. The maximum Gasteiger partial charge on any atom is 0.267 e. The zero-order valence-electron chi connectivity index (χ0n) is 15.2. The smallest absolute Gasteiger partial charge is 0.267 e. The third-order valence-electron chi connectivity index (χ3n) is 4.41. The normalized spacial score (nSPS) is 13.2. The van der Waals surface area contributed by atoms with Crippen molar-refractivity contribution in [1.82, 2.24) is 10.3 Å². The van der Waals surface area contributed by atoms with Crippen LogP contribution in [0, 0.1) is 12.7 Å². The molecular weight excluding hydrogens is 377 g/mol. The Kier molecular flexibility index (Phi) is 4.92. The molecule has 0 spiro atoms. The zero-order chi connectivity index (χ0) is 19.7. The van der Waals surface area contributed by atoms with Crippen molar-refractivity contribution in [3.05, 3.63) is 70.5 Å². The lowest BCUT2D eigenvalue weighted by Crippen LogP contribution is -2.25. The van der Waals surface area contributed by atoms with Gasteiger partial charge in [0.2, 0.25) is 0 Å². The molecule has 0 aliphatic heterocycles. The number of hydrogen-bond donors (Lipinski definition) is 2. The largest absolute Gasteiger partial charge is 0.349 e. The van der Waals surface area contributed by atoms with Gasteiger partial charge in [-0.05, 0) is 68.3 Å². The van der Waals surface area contributed by atoms with Crippen molar-refractivity contribution in [2.45, 2.75) is 25.8 Å². The van der Waals surface area contributed by atoms with E-state index in [1.807, 2.05) is 0 Å². The van der Waals surface area contributed by atoms with E-state index in [-0.39, 0.29) is 17.6 Å². The third kappa shape index (κ3) is 4.09. The molecule has 1 fully saturated rings. The summed E-state index contributed by atoms with van der Waals surface area (Å²) in [7, 11) is 0. The van der Waals surface area contributed by atoms with Gasteiger partial charge < -0.3 is 10.6 Å². The predicted octanol–water partition coefficient (Wildman–Crippen LogP) is 4.40. The Labute approximate surface area is 165 Å². The second-order valence-corrected chi connectivity index (χ2v) is 7.72. The Morgan fingerprint density at radius 3 is 2.36 bits per heavy atom. The Balaban J connectivity index is 1.46. The molecule has 1 aromatic heterocycles. The highest BCUT2D eigenvalue weighted by atomic mass is 32.1. The molecule has 7 heteroatoms. The highest BCUT2D eigenvalue weighted by molar-refractivity contribution is 7.17. The van der Waals surface area contributed by atoms with Crippen molar-refractivity contribution in [1.29, 1.82) is 0 Å². The number of benzene rings is 2. The molecule has 142 valence electrons. The van der Waals surface area contributed by atoms with Crippen LogP contribution in [0.4, 0.5) is 10.1 Å². The molecule has 4 rings (SSSR count). The molecule has 2 aromatic carbocycles. The summed E-state index contributed by atoms with van der Waals surface area (Å²) in [6, 6.07) is 13.1. The summed E-state index contributed by atoms with van der Waals surface area (Å²) in [5, 5.41) is 6.42. The Hall–Kier alpha value is -3.06. The van der Waals surface area contributed by atoms with E-state index in [1.165, 1.54) is 23.5 Å². The molecule has 2 N–H and O–H groups in total. The Morgan fingerprint density at radius 1 is 1.04 bits per heavy atom. The van der Waals surface area contributed by atoms with E-state index in [0.717, 1.165) is 18.4 Å². The molecule has 1 aliphatic carbocycles. The van der Waals surface area contributed by atoms with Gasteiger partial charge >= 0.3 is 0 Å². The molecule has 0 bridgehead atoms.